The van der Waals surface area contributed by atoms with E-state index in [1.165, 1.54) is 6.42 Å². The zero-order valence-corrected chi connectivity index (χ0v) is 17.1. The number of carbonyl (C=O) groups excluding carboxylic acids is 2. The molecular weight excluding hydrogens is 392 g/mol. The first kappa shape index (κ1) is 18.8. The van der Waals surface area contributed by atoms with Gasteiger partial charge in [0.15, 0.2) is 0 Å². The van der Waals surface area contributed by atoms with Crippen LogP contribution in [0.3, 0.4) is 0 Å². The van der Waals surface area contributed by atoms with E-state index in [9.17, 15) is 9.59 Å². The molecule has 5 rings (SSSR count). The van der Waals surface area contributed by atoms with Crippen molar-refractivity contribution in [2.45, 2.75) is 44.2 Å². The molecule has 2 N–H and O–H groups in total. The van der Waals surface area contributed by atoms with Crippen LogP contribution in [0.1, 0.15) is 43.4 Å². The highest BCUT2D eigenvalue weighted by Gasteiger charge is 2.43. The van der Waals surface area contributed by atoms with Gasteiger partial charge in [-0.15, -0.1) is 0 Å². The van der Waals surface area contributed by atoms with E-state index in [0.29, 0.717) is 17.3 Å². The number of fused-ring (bicyclic) bond motifs is 4. The van der Waals surface area contributed by atoms with E-state index in [1.807, 2.05) is 6.07 Å². The van der Waals surface area contributed by atoms with E-state index in [0.717, 1.165) is 80.6 Å². The highest BCUT2D eigenvalue weighted by molar-refractivity contribution is 6.35. The summed E-state index contributed by atoms with van der Waals surface area (Å²) in [6, 6.07) is 3.75. The Morgan fingerprint density at radius 3 is 2.62 bits per heavy atom. The van der Waals surface area contributed by atoms with Crippen molar-refractivity contribution in [3.05, 3.63) is 28.5 Å². The molecule has 29 heavy (non-hydrogen) atoms. The van der Waals surface area contributed by atoms with Crippen LogP contribution in [-0.2, 0) is 16.9 Å². The number of nitrogens with one attached hydrogen (secondary N) is 2. The molecular formula is C21H25ClN4O3. The number of hydrogen-bond donors (Lipinski definition) is 2. The van der Waals surface area contributed by atoms with Gasteiger partial charge in [0, 0.05) is 37.1 Å². The quantitative estimate of drug-likeness (QED) is 0.748. The molecule has 0 atom stereocenters. The van der Waals surface area contributed by atoms with Gasteiger partial charge in [0.2, 0.25) is 6.41 Å². The summed E-state index contributed by atoms with van der Waals surface area (Å²) in [7, 11) is 0. The van der Waals surface area contributed by atoms with Crippen LogP contribution in [0.2, 0.25) is 5.02 Å². The van der Waals surface area contributed by atoms with E-state index in [4.69, 9.17) is 16.0 Å². The summed E-state index contributed by atoms with van der Waals surface area (Å²) in [6.07, 6.45) is 6.03. The number of rotatable bonds is 3. The van der Waals surface area contributed by atoms with Crippen molar-refractivity contribution in [3.63, 3.8) is 0 Å². The monoisotopic (exact) mass is 416 g/mol. The highest BCUT2D eigenvalue weighted by Crippen LogP contribution is 2.49. The van der Waals surface area contributed by atoms with Crippen LogP contribution >= 0.6 is 11.6 Å². The predicted octanol–water partition coefficient (Wildman–Crippen LogP) is 3.65. The van der Waals surface area contributed by atoms with Crippen molar-refractivity contribution < 1.29 is 14.0 Å². The van der Waals surface area contributed by atoms with Gasteiger partial charge in [0.25, 0.3) is 0 Å². The number of hydrogen-bond acceptors (Lipinski definition) is 4. The van der Waals surface area contributed by atoms with E-state index >= 15 is 0 Å². The molecule has 1 saturated carbocycles. The van der Waals surface area contributed by atoms with Crippen LogP contribution in [0, 0.1) is 0 Å². The number of anilines is 1. The first-order valence-electron chi connectivity index (χ1n) is 10.3. The van der Waals surface area contributed by atoms with E-state index < -0.39 is 5.54 Å². The Morgan fingerprint density at radius 1 is 1.14 bits per heavy atom. The topological polar surface area (TPSA) is 77.8 Å². The minimum Gasteiger partial charge on any atom is -0.459 e. The minimum atomic E-state index is -0.413. The number of amides is 3. The van der Waals surface area contributed by atoms with Gasteiger partial charge in [-0.1, -0.05) is 30.9 Å². The molecule has 3 amide bonds. The van der Waals surface area contributed by atoms with Crippen molar-refractivity contribution in [3.8, 4) is 0 Å². The lowest BCUT2D eigenvalue weighted by Crippen LogP contribution is -2.52. The zero-order chi connectivity index (χ0) is 20.0. The van der Waals surface area contributed by atoms with Gasteiger partial charge in [-0.3, -0.25) is 9.69 Å². The fraction of sp³-hybridized carbons (Fsp3) is 0.524. The molecule has 8 heteroatoms. The van der Waals surface area contributed by atoms with Gasteiger partial charge in [0.1, 0.15) is 11.3 Å². The van der Waals surface area contributed by atoms with Crippen LogP contribution in [0.4, 0.5) is 10.5 Å². The molecule has 1 spiro atoms. The molecule has 1 aromatic heterocycles. The summed E-state index contributed by atoms with van der Waals surface area (Å²) < 4.78 is 6.37. The lowest BCUT2D eigenvalue weighted by Gasteiger charge is -2.42. The van der Waals surface area contributed by atoms with Crippen molar-refractivity contribution in [1.82, 2.24) is 15.1 Å². The molecule has 0 radical (unpaired) electrons. The third-order valence-corrected chi connectivity index (χ3v) is 6.82. The van der Waals surface area contributed by atoms with Gasteiger partial charge in [-0.2, -0.15) is 0 Å². The molecule has 3 heterocycles. The summed E-state index contributed by atoms with van der Waals surface area (Å²) in [6.45, 7) is 3.83. The molecule has 2 fully saturated rings. The molecule has 7 nitrogen and oxygen atoms in total. The Morgan fingerprint density at radius 2 is 1.90 bits per heavy atom. The van der Waals surface area contributed by atoms with Crippen molar-refractivity contribution >= 4 is 40.7 Å². The average molecular weight is 417 g/mol. The Balaban J connectivity index is 1.52. The molecule has 3 aliphatic rings. The molecule has 2 aliphatic heterocycles. The van der Waals surface area contributed by atoms with E-state index in [-0.39, 0.29) is 6.03 Å². The number of urea groups is 1. The Labute approximate surface area is 174 Å². The predicted molar refractivity (Wildman–Crippen MR) is 111 cm³/mol. The van der Waals surface area contributed by atoms with Gasteiger partial charge in [-0.25, -0.2) is 4.79 Å². The Kier molecular flexibility index (Phi) is 4.67. The summed E-state index contributed by atoms with van der Waals surface area (Å²) in [5.74, 6) is 0.881. The van der Waals surface area contributed by atoms with Crippen LogP contribution in [0.25, 0.3) is 11.0 Å². The second-order valence-electron chi connectivity index (χ2n) is 8.38. The Hall–Kier alpha value is -2.25. The van der Waals surface area contributed by atoms with Crippen LogP contribution in [0.5, 0.6) is 0 Å². The maximum Gasteiger partial charge on any atom is 0.319 e. The standard InChI is InChI=1S/C21H25ClN4O3/c22-16-11-14-10-15(12-25-6-8-26(13-27)9-7-25)29-19(14)17-18(16)23-20(28)24-21(17)4-2-1-3-5-21/h10-11,13H,1-9,12H2,(H2,23,24,28). The second-order valence-corrected chi connectivity index (χ2v) is 8.79. The smallest absolute Gasteiger partial charge is 0.319 e. The van der Waals surface area contributed by atoms with E-state index in [1.54, 1.807) is 4.90 Å². The van der Waals surface area contributed by atoms with E-state index in [2.05, 4.69) is 21.6 Å². The number of carbonyl (C=O) groups is 2. The SMILES string of the molecule is O=CN1CCN(Cc2cc3cc(Cl)c4c(c3o2)C2(CCCCC2)NC(=O)N4)CC1. The number of furan rings is 1. The van der Waals surface area contributed by atoms with Crippen LogP contribution in [0.15, 0.2) is 16.5 Å². The summed E-state index contributed by atoms with van der Waals surface area (Å²) in [4.78, 5) is 27.4. The molecule has 1 aliphatic carbocycles. The number of halogens is 1. The maximum atomic E-state index is 12.4. The van der Waals surface area contributed by atoms with Crippen molar-refractivity contribution in [2.75, 3.05) is 31.5 Å². The molecule has 1 saturated heterocycles. The fourth-order valence-electron chi connectivity index (χ4n) is 5.06. The van der Waals surface area contributed by atoms with Gasteiger partial charge < -0.3 is 20.0 Å². The van der Waals surface area contributed by atoms with Gasteiger partial charge >= 0.3 is 6.03 Å². The maximum absolute atomic E-state index is 12.4. The molecule has 1 aromatic carbocycles. The average Bonchev–Trinajstić information content (AvgIpc) is 3.10. The third kappa shape index (κ3) is 3.26. The molecule has 2 aromatic rings. The van der Waals surface area contributed by atoms with Gasteiger partial charge in [0.05, 0.1) is 22.8 Å². The fourth-order valence-corrected chi connectivity index (χ4v) is 5.32. The molecule has 0 unspecified atom stereocenters. The van der Waals surface area contributed by atoms with Crippen LogP contribution in [-0.4, -0.2) is 48.4 Å². The summed E-state index contributed by atoms with van der Waals surface area (Å²) in [5.41, 5.74) is 2.09. The first-order chi connectivity index (χ1) is 14.1. The number of nitrogens with zero attached hydrogens (tertiary/aromatic N) is 2. The lowest BCUT2D eigenvalue weighted by molar-refractivity contribution is -0.119. The van der Waals surface area contributed by atoms with Crippen molar-refractivity contribution in [1.29, 1.82) is 0 Å². The highest BCUT2D eigenvalue weighted by atomic mass is 35.5. The van der Waals surface area contributed by atoms with Gasteiger partial charge in [-0.05, 0) is 25.0 Å². The number of benzene rings is 1. The summed E-state index contributed by atoms with van der Waals surface area (Å²) >= 11 is 6.59. The Bertz CT molecular complexity index is 958. The second kappa shape index (κ2) is 7.22. The normalized spacial score (nSPS) is 21.7. The molecule has 0 bridgehead atoms. The largest absolute Gasteiger partial charge is 0.459 e. The zero-order valence-electron chi connectivity index (χ0n) is 16.3. The lowest BCUT2D eigenvalue weighted by atomic mass is 9.74. The molecule has 154 valence electrons. The minimum absolute atomic E-state index is 0.194. The van der Waals surface area contributed by atoms with Crippen molar-refractivity contribution in [2.24, 2.45) is 0 Å². The summed E-state index contributed by atoms with van der Waals surface area (Å²) in [5, 5.41) is 7.62. The third-order valence-electron chi connectivity index (χ3n) is 6.52. The first-order valence-corrected chi connectivity index (χ1v) is 10.7. The van der Waals surface area contributed by atoms with Crippen LogP contribution < -0.4 is 10.6 Å². The number of piperazine rings is 1.